The van der Waals surface area contributed by atoms with Crippen LogP contribution in [0.3, 0.4) is 0 Å². The molecule has 2 rings (SSSR count). The third-order valence-corrected chi connectivity index (χ3v) is 7.21. The molecule has 0 bridgehead atoms. The van der Waals surface area contributed by atoms with Crippen LogP contribution in [0.1, 0.15) is 71.7 Å². The van der Waals surface area contributed by atoms with Crippen LogP contribution in [0.4, 0.5) is 0 Å². The highest BCUT2D eigenvalue weighted by molar-refractivity contribution is 9.13. The van der Waals surface area contributed by atoms with Gasteiger partial charge in [0.25, 0.3) is 0 Å². The van der Waals surface area contributed by atoms with E-state index in [9.17, 15) is 9.59 Å². The highest BCUT2D eigenvalue weighted by Gasteiger charge is 2.22. The standard InChI is InChI=1S/C16H22Br2O6.C8H7ClO3/c1-3-4-5-6-7-8-9-22-24-12-10-11(16(19)23-20)13(17)14(18)15(12)21-2;9-5-6-1-3-7(4-2-6)8(10)12-11/h10,20H,3-9H2,1-2H3;1-4,11H,5H2. The molecule has 0 heterocycles. The number of hydrogen-bond acceptors (Lipinski definition) is 9. The molecular weight excluding hydrogens is 628 g/mol. The maximum absolute atomic E-state index is 11.6. The van der Waals surface area contributed by atoms with E-state index >= 15 is 0 Å². The van der Waals surface area contributed by atoms with Crippen molar-refractivity contribution in [3.05, 3.63) is 56.0 Å². The molecule has 9 nitrogen and oxygen atoms in total. The molecule has 0 saturated carbocycles. The molecule has 0 atom stereocenters. The Balaban J connectivity index is 0.000000450. The van der Waals surface area contributed by atoms with Gasteiger partial charge in [-0.2, -0.15) is 15.4 Å². The molecule has 0 radical (unpaired) electrons. The van der Waals surface area contributed by atoms with Crippen molar-refractivity contribution in [1.82, 2.24) is 0 Å². The summed E-state index contributed by atoms with van der Waals surface area (Å²) in [6, 6.07) is 7.83. The highest BCUT2D eigenvalue weighted by Crippen LogP contribution is 2.42. The lowest BCUT2D eigenvalue weighted by Gasteiger charge is -2.14. The van der Waals surface area contributed by atoms with E-state index in [1.807, 2.05) is 0 Å². The van der Waals surface area contributed by atoms with Gasteiger partial charge in [0.1, 0.15) is 0 Å². The Labute approximate surface area is 231 Å². The van der Waals surface area contributed by atoms with Crippen molar-refractivity contribution in [2.24, 2.45) is 0 Å². The van der Waals surface area contributed by atoms with E-state index in [0.29, 0.717) is 32.7 Å². The van der Waals surface area contributed by atoms with Gasteiger partial charge in [-0.25, -0.2) is 9.59 Å². The molecule has 2 aromatic carbocycles. The van der Waals surface area contributed by atoms with Gasteiger partial charge in [-0.15, -0.1) is 11.6 Å². The summed E-state index contributed by atoms with van der Waals surface area (Å²) in [5.41, 5.74) is 1.28. The monoisotopic (exact) mass is 654 g/mol. The summed E-state index contributed by atoms with van der Waals surface area (Å²) in [4.78, 5) is 40.1. The van der Waals surface area contributed by atoms with Crippen LogP contribution in [-0.2, 0) is 20.5 Å². The topological polar surface area (TPSA) is 121 Å². The molecule has 0 aliphatic rings. The molecule has 0 fully saturated rings. The average Bonchev–Trinajstić information content (AvgIpc) is 2.91. The van der Waals surface area contributed by atoms with Crippen LogP contribution in [0.25, 0.3) is 0 Å². The minimum Gasteiger partial charge on any atom is -0.492 e. The number of carbonyl (C=O) groups excluding carboxylic acids is 2. The van der Waals surface area contributed by atoms with Gasteiger partial charge in [-0.05, 0) is 56.0 Å². The number of benzene rings is 2. The first kappa shape index (κ1) is 32.1. The van der Waals surface area contributed by atoms with Crippen LogP contribution < -0.4 is 9.62 Å². The van der Waals surface area contributed by atoms with E-state index in [4.69, 9.17) is 36.6 Å². The van der Waals surface area contributed by atoms with Crippen molar-refractivity contribution in [2.75, 3.05) is 13.7 Å². The second-order valence-corrected chi connectivity index (χ2v) is 9.20. The number of unbranched alkanes of at least 4 members (excludes halogenated alkanes) is 5. The van der Waals surface area contributed by atoms with Gasteiger partial charge in [0.05, 0.1) is 33.8 Å². The number of alkyl halides is 1. The molecule has 0 aliphatic carbocycles. The van der Waals surface area contributed by atoms with Crippen LogP contribution in [-0.4, -0.2) is 36.2 Å². The number of halogens is 3. The second-order valence-electron chi connectivity index (χ2n) is 7.34. The summed E-state index contributed by atoms with van der Waals surface area (Å²) in [5, 5.41) is 16.6. The second kappa shape index (κ2) is 18.4. The van der Waals surface area contributed by atoms with Gasteiger partial charge in [-0.3, -0.25) is 9.78 Å². The molecule has 2 aromatic rings. The summed E-state index contributed by atoms with van der Waals surface area (Å²) in [5.74, 6) is -0.727. The van der Waals surface area contributed by atoms with Crippen molar-refractivity contribution in [2.45, 2.75) is 51.3 Å². The van der Waals surface area contributed by atoms with Crippen LogP contribution in [0.5, 0.6) is 11.5 Å². The average molecular weight is 657 g/mol. The summed E-state index contributed by atoms with van der Waals surface area (Å²) >= 11 is 12.1. The third kappa shape index (κ3) is 10.6. The fourth-order valence-corrected chi connectivity index (χ4v) is 4.07. The fourth-order valence-electron chi connectivity index (χ4n) is 2.86. The largest absolute Gasteiger partial charge is 0.492 e. The van der Waals surface area contributed by atoms with Crippen molar-refractivity contribution in [1.29, 1.82) is 0 Å². The predicted molar refractivity (Wildman–Crippen MR) is 140 cm³/mol. The zero-order chi connectivity index (χ0) is 26.9. The number of carbonyl (C=O) groups is 2. The summed E-state index contributed by atoms with van der Waals surface area (Å²) in [6.07, 6.45) is 6.85. The molecular formula is C24H29Br2ClO9. The lowest BCUT2D eigenvalue weighted by molar-refractivity contribution is -0.208. The molecule has 12 heteroatoms. The Hall–Kier alpha value is -1.89. The molecule has 36 heavy (non-hydrogen) atoms. The third-order valence-electron chi connectivity index (χ3n) is 4.79. The van der Waals surface area contributed by atoms with E-state index < -0.39 is 11.9 Å². The molecule has 200 valence electrons. The van der Waals surface area contributed by atoms with Crippen LogP contribution >= 0.6 is 43.5 Å². The summed E-state index contributed by atoms with van der Waals surface area (Å²) < 4.78 is 6.08. The number of rotatable bonds is 13. The first-order chi connectivity index (χ1) is 17.3. The Morgan fingerprint density at radius 3 is 2.08 bits per heavy atom. The van der Waals surface area contributed by atoms with Gasteiger partial charge in [0.2, 0.25) is 5.75 Å². The van der Waals surface area contributed by atoms with E-state index in [2.05, 4.69) is 48.6 Å². The molecule has 0 aromatic heterocycles. The van der Waals surface area contributed by atoms with Crippen molar-refractivity contribution >= 4 is 55.4 Å². The van der Waals surface area contributed by atoms with Crippen LogP contribution in [0.15, 0.2) is 39.3 Å². The Kier molecular flexibility index (Phi) is 16.4. The Morgan fingerprint density at radius 1 is 0.917 bits per heavy atom. The normalized spacial score (nSPS) is 10.2. The predicted octanol–water partition coefficient (Wildman–Crippen LogP) is 7.58. The Morgan fingerprint density at radius 2 is 1.53 bits per heavy atom. The minimum atomic E-state index is -0.925. The minimum absolute atomic E-state index is 0.0725. The van der Waals surface area contributed by atoms with Crippen molar-refractivity contribution in [3.8, 4) is 11.5 Å². The fraction of sp³-hybridized carbons (Fsp3) is 0.417. The van der Waals surface area contributed by atoms with Gasteiger partial charge in [-0.1, -0.05) is 51.2 Å². The first-order valence-electron chi connectivity index (χ1n) is 11.1. The van der Waals surface area contributed by atoms with E-state index in [-0.39, 0.29) is 11.3 Å². The first-order valence-corrected chi connectivity index (χ1v) is 13.2. The summed E-state index contributed by atoms with van der Waals surface area (Å²) in [6.45, 7) is 2.62. The summed E-state index contributed by atoms with van der Waals surface area (Å²) in [7, 11) is 1.47. The van der Waals surface area contributed by atoms with E-state index in [1.165, 1.54) is 51.0 Å². The van der Waals surface area contributed by atoms with Crippen molar-refractivity contribution < 1.29 is 44.4 Å². The molecule has 0 amide bonds. The zero-order valence-electron chi connectivity index (χ0n) is 19.9. The van der Waals surface area contributed by atoms with Gasteiger partial charge < -0.3 is 9.62 Å². The Bertz CT molecular complexity index is 956. The van der Waals surface area contributed by atoms with Gasteiger partial charge in [0.15, 0.2) is 5.75 Å². The molecule has 0 aliphatic heterocycles. The molecule has 2 N–H and O–H groups in total. The van der Waals surface area contributed by atoms with Gasteiger partial charge >= 0.3 is 11.9 Å². The maximum Gasteiger partial charge on any atom is 0.374 e. The van der Waals surface area contributed by atoms with E-state index in [0.717, 1.165) is 18.4 Å². The van der Waals surface area contributed by atoms with Gasteiger partial charge in [0, 0.05) is 11.9 Å². The lowest BCUT2D eigenvalue weighted by Crippen LogP contribution is -2.07. The highest BCUT2D eigenvalue weighted by atomic mass is 79.9. The van der Waals surface area contributed by atoms with Crippen molar-refractivity contribution in [3.63, 3.8) is 0 Å². The SMILES string of the molecule is CCCCCCCCOOc1cc(C(=O)OO)c(Br)c(Br)c1OC.O=C(OO)c1ccc(CCl)cc1. The quantitative estimate of drug-likeness (QED) is 0.0973. The maximum atomic E-state index is 11.6. The lowest BCUT2D eigenvalue weighted by atomic mass is 10.1. The number of hydrogen-bond donors (Lipinski definition) is 2. The van der Waals surface area contributed by atoms with E-state index in [1.54, 1.807) is 12.1 Å². The number of ether oxygens (including phenoxy) is 1. The molecule has 0 spiro atoms. The number of methoxy groups -OCH3 is 1. The smallest absolute Gasteiger partial charge is 0.374 e. The van der Waals surface area contributed by atoms with Crippen LogP contribution in [0.2, 0.25) is 0 Å². The zero-order valence-corrected chi connectivity index (χ0v) is 23.9. The van der Waals surface area contributed by atoms with Crippen LogP contribution in [0, 0.1) is 0 Å². The molecule has 0 saturated heterocycles. The molecule has 0 unspecified atom stereocenters.